The average molecular weight is 685 g/mol. The van der Waals surface area contributed by atoms with Gasteiger partial charge < -0.3 is 10.2 Å². The first kappa shape index (κ1) is 34.9. The van der Waals surface area contributed by atoms with Crippen LogP contribution in [0.25, 0.3) is 0 Å². The van der Waals surface area contributed by atoms with E-state index in [1.54, 1.807) is 18.2 Å². The number of hydrogen-bond acceptors (Lipinski definition) is 4. The van der Waals surface area contributed by atoms with E-state index in [1.165, 1.54) is 53.4 Å². The molecule has 4 aromatic carbocycles. The lowest BCUT2D eigenvalue weighted by Crippen LogP contribution is -2.54. The molecule has 0 saturated carbocycles. The van der Waals surface area contributed by atoms with Gasteiger partial charge in [-0.2, -0.15) is 0 Å². The SMILES string of the molecule is CC[C@@H](C)NC(=O)[C@@H](Cc1ccccc1)N(Cc1ccccc1F)C(=O)CN(c1ccc(Cl)c(Cl)c1)S(=O)(=O)c1ccc(C)cc1. The summed E-state index contributed by atoms with van der Waals surface area (Å²) in [6, 6.07) is 24.3. The fraction of sp³-hybridized carbons (Fsp3) is 0.257. The Morgan fingerprint density at radius 1 is 0.891 bits per heavy atom. The van der Waals surface area contributed by atoms with E-state index in [0.717, 1.165) is 15.4 Å². The van der Waals surface area contributed by atoms with E-state index >= 15 is 4.39 Å². The maximum Gasteiger partial charge on any atom is 0.264 e. The number of rotatable bonds is 13. The molecule has 0 spiro atoms. The summed E-state index contributed by atoms with van der Waals surface area (Å²) in [6.07, 6.45) is 0.756. The van der Waals surface area contributed by atoms with E-state index in [2.05, 4.69) is 5.32 Å². The van der Waals surface area contributed by atoms with Crippen molar-refractivity contribution < 1.29 is 22.4 Å². The monoisotopic (exact) mass is 683 g/mol. The zero-order valence-corrected chi connectivity index (χ0v) is 28.1. The van der Waals surface area contributed by atoms with Crippen molar-refractivity contribution in [2.45, 2.75) is 57.1 Å². The van der Waals surface area contributed by atoms with E-state index in [9.17, 15) is 18.0 Å². The Bertz CT molecular complexity index is 1770. The molecule has 2 atom stereocenters. The first-order valence-corrected chi connectivity index (χ1v) is 17.0. The fourth-order valence-electron chi connectivity index (χ4n) is 4.81. The molecule has 0 aromatic heterocycles. The molecule has 4 rings (SSSR count). The number of aryl methyl sites for hydroxylation is 1. The number of nitrogens with zero attached hydrogens (tertiary/aromatic N) is 2. The number of anilines is 1. The van der Waals surface area contributed by atoms with Gasteiger partial charge in [-0.3, -0.25) is 13.9 Å². The van der Waals surface area contributed by atoms with Crippen LogP contribution in [0.3, 0.4) is 0 Å². The summed E-state index contributed by atoms with van der Waals surface area (Å²) in [6.45, 7) is 4.61. The number of nitrogens with one attached hydrogen (secondary N) is 1. The van der Waals surface area contributed by atoms with Gasteiger partial charge in [0.25, 0.3) is 10.0 Å². The molecule has 2 amide bonds. The highest BCUT2D eigenvalue weighted by Gasteiger charge is 2.35. The molecule has 0 aliphatic rings. The summed E-state index contributed by atoms with van der Waals surface area (Å²) >= 11 is 12.4. The predicted octanol–water partition coefficient (Wildman–Crippen LogP) is 7.19. The van der Waals surface area contributed by atoms with E-state index in [1.807, 2.05) is 51.1 Å². The van der Waals surface area contributed by atoms with Crippen LogP contribution in [0.15, 0.2) is 102 Å². The van der Waals surface area contributed by atoms with Gasteiger partial charge in [-0.25, -0.2) is 12.8 Å². The minimum Gasteiger partial charge on any atom is -0.352 e. The highest BCUT2D eigenvalue weighted by Crippen LogP contribution is 2.31. The van der Waals surface area contributed by atoms with Crippen molar-refractivity contribution in [3.8, 4) is 0 Å². The molecule has 46 heavy (non-hydrogen) atoms. The second-order valence-corrected chi connectivity index (χ2v) is 13.7. The van der Waals surface area contributed by atoms with Crippen LogP contribution in [-0.4, -0.2) is 43.8 Å². The Labute approximate surface area is 280 Å². The van der Waals surface area contributed by atoms with Gasteiger partial charge in [-0.05, 0) is 62.2 Å². The first-order valence-electron chi connectivity index (χ1n) is 14.8. The number of benzene rings is 4. The summed E-state index contributed by atoms with van der Waals surface area (Å²) < 4.78 is 44.2. The van der Waals surface area contributed by atoms with Crippen molar-refractivity contribution in [2.24, 2.45) is 0 Å². The lowest BCUT2D eigenvalue weighted by molar-refractivity contribution is -0.140. The van der Waals surface area contributed by atoms with Gasteiger partial charge in [-0.15, -0.1) is 0 Å². The van der Waals surface area contributed by atoms with Crippen LogP contribution >= 0.6 is 23.2 Å². The molecule has 0 fully saturated rings. The molecule has 0 unspecified atom stereocenters. The maximum atomic E-state index is 15.1. The number of carbonyl (C=O) groups is 2. The van der Waals surface area contributed by atoms with Crippen LogP contribution in [-0.2, 0) is 32.6 Å². The Morgan fingerprint density at radius 2 is 1.54 bits per heavy atom. The van der Waals surface area contributed by atoms with Crippen LogP contribution in [0.1, 0.15) is 37.0 Å². The standard InChI is InChI=1S/C35H36Cl2FN3O4S/c1-4-25(3)39-35(43)33(20-26-10-6-5-7-11-26)40(22-27-12-8-9-13-32(27)38)34(42)23-41(28-16-19-30(36)31(37)21-28)46(44,45)29-17-14-24(2)15-18-29/h5-19,21,25,33H,4,20,22-23H2,1-3H3,(H,39,43)/t25-,33-/m1/s1. The van der Waals surface area contributed by atoms with Crippen LogP contribution in [0.5, 0.6) is 0 Å². The summed E-state index contributed by atoms with van der Waals surface area (Å²) in [5, 5.41) is 3.25. The van der Waals surface area contributed by atoms with Gasteiger partial charge in [0, 0.05) is 24.6 Å². The minimum atomic E-state index is -4.33. The smallest absolute Gasteiger partial charge is 0.264 e. The van der Waals surface area contributed by atoms with E-state index in [0.29, 0.717) is 6.42 Å². The zero-order valence-electron chi connectivity index (χ0n) is 25.8. The van der Waals surface area contributed by atoms with Crippen molar-refractivity contribution in [3.05, 3.63) is 130 Å². The fourth-order valence-corrected chi connectivity index (χ4v) is 6.51. The minimum absolute atomic E-state index is 0.0482. The molecule has 11 heteroatoms. The Kier molecular flexibility index (Phi) is 11.8. The molecule has 0 aliphatic carbocycles. The van der Waals surface area contributed by atoms with Crippen LogP contribution in [0, 0.1) is 12.7 Å². The van der Waals surface area contributed by atoms with Gasteiger partial charge >= 0.3 is 0 Å². The van der Waals surface area contributed by atoms with Crippen LogP contribution < -0.4 is 9.62 Å². The molecule has 4 aromatic rings. The Hall–Kier alpha value is -3.92. The molecule has 0 bridgehead atoms. The number of halogens is 3. The average Bonchev–Trinajstić information content (AvgIpc) is 3.04. The maximum absolute atomic E-state index is 15.1. The molecular formula is C35H36Cl2FN3O4S. The third-order valence-corrected chi connectivity index (χ3v) is 10.2. The Morgan fingerprint density at radius 3 is 2.17 bits per heavy atom. The molecule has 1 N–H and O–H groups in total. The number of amides is 2. The lowest BCUT2D eigenvalue weighted by Gasteiger charge is -2.34. The third kappa shape index (κ3) is 8.66. The van der Waals surface area contributed by atoms with Gasteiger partial charge in [0.15, 0.2) is 0 Å². The van der Waals surface area contributed by atoms with Crippen LogP contribution in [0.4, 0.5) is 10.1 Å². The highest BCUT2D eigenvalue weighted by molar-refractivity contribution is 7.92. The highest BCUT2D eigenvalue weighted by atomic mass is 35.5. The molecule has 7 nitrogen and oxygen atoms in total. The summed E-state index contributed by atoms with van der Waals surface area (Å²) in [7, 11) is -4.33. The summed E-state index contributed by atoms with van der Waals surface area (Å²) in [4.78, 5) is 29.5. The first-order chi connectivity index (χ1) is 21.9. The Balaban J connectivity index is 1.83. The van der Waals surface area contributed by atoms with E-state index in [4.69, 9.17) is 23.2 Å². The van der Waals surface area contributed by atoms with Crippen LogP contribution in [0.2, 0.25) is 10.0 Å². The third-order valence-electron chi connectivity index (χ3n) is 7.65. The van der Waals surface area contributed by atoms with Crippen molar-refractivity contribution in [2.75, 3.05) is 10.8 Å². The molecule has 0 radical (unpaired) electrons. The summed E-state index contributed by atoms with van der Waals surface area (Å²) in [5.74, 6) is -1.72. The zero-order chi connectivity index (χ0) is 33.4. The lowest BCUT2D eigenvalue weighted by atomic mass is 10.0. The van der Waals surface area contributed by atoms with Crippen molar-refractivity contribution in [1.29, 1.82) is 0 Å². The molecular weight excluding hydrogens is 648 g/mol. The van der Waals surface area contributed by atoms with Crippen molar-refractivity contribution >= 4 is 50.7 Å². The van der Waals surface area contributed by atoms with E-state index in [-0.39, 0.29) is 45.2 Å². The number of hydrogen-bond donors (Lipinski definition) is 1. The van der Waals surface area contributed by atoms with Gasteiger partial charge in [0.1, 0.15) is 18.4 Å². The molecule has 242 valence electrons. The van der Waals surface area contributed by atoms with Crippen molar-refractivity contribution in [3.63, 3.8) is 0 Å². The predicted molar refractivity (Wildman–Crippen MR) is 181 cm³/mol. The van der Waals surface area contributed by atoms with Gasteiger partial charge in [0.2, 0.25) is 11.8 Å². The second-order valence-electron chi connectivity index (χ2n) is 11.1. The van der Waals surface area contributed by atoms with Gasteiger partial charge in [0.05, 0.1) is 20.6 Å². The topological polar surface area (TPSA) is 86.8 Å². The normalized spacial score (nSPS) is 12.7. The van der Waals surface area contributed by atoms with Crippen molar-refractivity contribution in [1.82, 2.24) is 10.2 Å². The molecule has 0 heterocycles. The molecule has 0 saturated heterocycles. The van der Waals surface area contributed by atoms with E-state index < -0.39 is 40.2 Å². The quantitative estimate of drug-likeness (QED) is 0.162. The number of carbonyl (C=O) groups excluding carboxylic acids is 2. The second kappa shape index (κ2) is 15.6. The number of sulfonamides is 1. The molecule has 0 aliphatic heterocycles. The summed E-state index contributed by atoms with van der Waals surface area (Å²) in [5.41, 5.74) is 1.89. The largest absolute Gasteiger partial charge is 0.352 e. The van der Waals surface area contributed by atoms with Gasteiger partial charge in [-0.1, -0.05) is 96.4 Å².